The summed E-state index contributed by atoms with van der Waals surface area (Å²) < 4.78 is 4.44. The molecule has 0 saturated heterocycles. The molecule has 0 aliphatic rings. The van der Waals surface area contributed by atoms with E-state index in [1.807, 2.05) is 0 Å². The van der Waals surface area contributed by atoms with Crippen LogP contribution in [0.1, 0.15) is 5.82 Å². The number of hydrogen-bond acceptors (Lipinski definition) is 4. The lowest BCUT2D eigenvalue weighted by atomic mass is 10.6. The predicted octanol–water partition coefficient (Wildman–Crippen LogP) is 0.725. The molecular formula is C6H6ClN3O2. The van der Waals surface area contributed by atoms with Crippen LogP contribution in [-0.2, 0) is 11.3 Å². The maximum Gasteiger partial charge on any atom is 0.404 e. The van der Waals surface area contributed by atoms with Crippen LogP contribution < -0.4 is 5.73 Å². The van der Waals surface area contributed by atoms with Crippen LogP contribution in [0, 0.1) is 0 Å². The van der Waals surface area contributed by atoms with Gasteiger partial charge in [-0.2, -0.15) is 0 Å². The molecule has 0 aromatic carbocycles. The maximum atomic E-state index is 10.2. The van der Waals surface area contributed by atoms with E-state index in [1.165, 1.54) is 12.4 Å². The molecule has 5 nitrogen and oxygen atoms in total. The summed E-state index contributed by atoms with van der Waals surface area (Å²) in [6.07, 6.45) is 1.97. The van der Waals surface area contributed by atoms with Crippen molar-refractivity contribution >= 4 is 17.7 Å². The third-order valence-corrected chi connectivity index (χ3v) is 1.21. The van der Waals surface area contributed by atoms with Gasteiger partial charge in [0.25, 0.3) is 0 Å². The molecule has 0 saturated carbocycles. The number of nitrogens with two attached hydrogens (primary N) is 1. The summed E-state index contributed by atoms with van der Waals surface area (Å²) in [5.74, 6) is 0.359. The molecule has 1 heterocycles. The predicted molar refractivity (Wildman–Crippen MR) is 41.4 cm³/mol. The fourth-order valence-electron chi connectivity index (χ4n) is 0.549. The first-order chi connectivity index (χ1) is 5.68. The van der Waals surface area contributed by atoms with Gasteiger partial charge < -0.3 is 10.5 Å². The van der Waals surface area contributed by atoms with Crippen LogP contribution in [0.5, 0.6) is 0 Å². The lowest BCUT2D eigenvalue weighted by Gasteiger charge is -1.98. The average molecular weight is 188 g/mol. The van der Waals surface area contributed by atoms with Gasteiger partial charge in [0.2, 0.25) is 0 Å². The van der Waals surface area contributed by atoms with E-state index in [9.17, 15) is 4.79 Å². The first kappa shape index (κ1) is 8.73. The summed E-state index contributed by atoms with van der Waals surface area (Å²) >= 11 is 5.52. The average Bonchev–Trinajstić information content (AvgIpc) is 2.03. The molecule has 0 radical (unpaired) electrons. The summed E-state index contributed by atoms with van der Waals surface area (Å²) in [5.41, 5.74) is 4.73. The molecule has 2 N–H and O–H groups in total. The van der Waals surface area contributed by atoms with E-state index in [2.05, 4.69) is 14.7 Å². The number of carbonyl (C=O) groups excluding carboxylic acids is 1. The summed E-state index contributed by atoms with van der Waals surface area (Å²) in [6.45, 7) is -0.0352. The molecule has 0 unspecified atom stereocenters. The van der Waals surface area contributed by atoms with E-state index in [0.29, 0.717) is 10.8 Å². The zero-order chi connectivity index (χ0) is 8.97. The largest absolute Gasteiger partial charge is 0.441 e. The zero-order valence-corrected chi connectivity index (χ0v) is 6.78. The second kappa shape index (κ2) is 3.87. The van der Waals surface area contributed by atoms with Crippen molar-refractivity contribution in [1.29, 1.82) is 0 Å². The number of rotatable bonds is 2. The van der Waals surface area contributed by atoms with Crippen LogP contribution in [0.15, 0.2) is 12.4 Å². The minimum atomic E-state index is -0.853. The molecule has 0 bridgehead atoms. The smallest absolute Gasteiger partial charge is 0.404 e. The topological polar surface area (TPSA) is 78.1 Å². The molecule has 0 aliphatic carbocycles. The summed E-state index contributed by atoms with van der Waals surface area (Å²) in [4.78, 5) is 17.7. The van der Waals surface area contributed by atoms with Gasteiger partial charge in [0, 0.05) is 12.4 Å². The normalized spacial score (nSPS) is 9.42. The van der Waals surface area contributed by atoms with Crippen molar-refractivity contribution in [3.05, 3.63) is 23.2 Å². The molecule has 6 heteroatoms. The van der Waals surface area contributed by atoms with Gasteiger partial charge in [0.1, 0.15) is 0 Å². The zero-order valence-electron chi connectivity index (χ0n) is 6.03. The molecule has 1 aromatic heterocycles. The molecule has 1 aromatic rings. The van der Waals surface area contributed by atoms with Crippen LogP contribution in [0.3, 0.4) is 0 Å². The van der Waals surface area contributed by atoms with Crippen molar-refractivity contribution in [2.45, 2.75) is 6.61 Å². The van der Waals surface area contributed by atoms with E-state index in [0.717, 1.165) is 0 Å². The van der Waals surface area contributed by atoms with E-state index >= 15 is 0 Å². The summed E-state index contributed by atoms with van der Waals surface area (Å²) in [5, 5.41) is 0.429. The van der Waals surface area contributed by atoms with Gasteiger partial charge in [-0.15, -0.1) is 0 Å². The number of primary amides is 1. The monoisotopic (exact) mass is 187 g/mol. The third kappa shape index (κ3) is 2.71. The molecule has 0 atom stereocenters. The maximum absolute atomic E-state index is 10.2. The van der Waals surface area contributed by atoms with E-state index in [4.69, 9.17) is 17.3 Å². The third-order valence-electron chi connectivity index (χ3n) is 1.02. The minimum Gasteiger partial charge on any atom is -0.441 e. The Morgan fingerprint density at radius 2 is 2.17 bits per heavy atom. The highest BCUT2D eigenvalue weighted by Gasteiger charge is 1.98. The van der Waals surface area contributed by atoms with Gasteiger partial charge in [0.15, 0.2) is 12.4 Å². The molecule has 1 amide bonds. The Morgan fingerprint density at radius 1 is 1.58 bits per heavy atom. The first-order valence-electron chi connectivity index (χ1n) is 3.07. The molecule has 0 fully saturated rings. The van der Waals surface area contributed by atoms with Crippen LogP contribution in [-0.4, -0.2) is 16.1 Å². The number of carbonyl (C=O) groups is 1. The molecule has 64 valence electrons. The summed E-state index contributed by atoms with van der Waals surface area (Å²) in [7, 11) is 0. The van der Waals surface area contributed by atoms with Crippen LogP contribution in [0.25, 0.3) is 0 Å². The van der Waals surface area contributed by atoms with Gasteiger partial charge in [-0.25, -0.2) is 14.8 Å². The quantitative estimate of drug-likeness (QED) is 0.740. The number of aromatic nitrogens is 2. The highest BCUT2D eigenvalue weighted by atomic mass is 35.5. The summed E-state index contributed by atoms with van der Waals surface area (Å²) in [6, 6.07) is 0. The Hall–Kier alpha value is -1.36. The Bertz CT molecular complexity index is 275. The highest BCUT2D eigenvalue weighted by Crippen LogP contribution is 2.02. The van der Waals surface area contributed by atoms with Gasteiger partial charge in [-0.3, -0.25) is 0 Å². The van der Waals surface area contributed by atoms with Crippen molar-refractivity contribution < 1.29 is 9.53 Å². The van der Waals surface area contributed by atoms with Crippen LogP contribution in [0.2, 0.25) is 5.02 Å². The van der Waals surface area contributed by atoms with E-state index in [1.54, 1.807) is 0 Å². The van der Waals surface area contributed by atoms with Gasteiger partial charge >= 0.3 is 6.09 Å². The van der Waals surface area contributed by atoms with Crippen molar-refractivity contribution in [2.75, 3.05) is 0 Å². The second-order valence-electron chi connectivity index (χ2n) is 1.93. The Kier molecular flexibility index (Phi) is 2.82. The van der Waals surface area contributed by atoms with Gasteiger partial charge in [-0.05, 0) is 0 Å². The number of amides is 1. The SMILES string of the molecule is NC(=O)OCc1ncc(Cl)cn1. The first-order valence-corrected chi connectivity index (χ1v) is 3.45. The fourth-order valence-corrected chi connectivity index (χ4v) is 0.647. The van der Waals surface area contributed by atoms with Crippen molar-refractivity contribution in [3.63, 3.8) is 0 Å². The second-order valence-corrected chi connectivity index (χ2v) is 2.36. The number of hydrogen-bond donors (Lipinski definition) is 1. The minimum absolute atomic E-state index is 0.0352. The van der Waals surface area contributed by atoms with Crippen molar-refractivity contribution in [1.82, 2.24) is 9.97 Å². The number of halogens is 1. The Morgan fingerprint density at radius 3 is 2.67 bits per heavy atom. The Labute approximate surface area is 73.5 Å². The van der Waals surface area contributed by atoms with E-state index in [-0.39, 0.29) is 6.61 Å². The molecule has 1 rings (SSSR count). The number of nitrogens with zero attached hydrogens (tertiary/aromatic N) is 2. The van der Waals surface area contributed by atoms with E-state index < -0.39 is 6.09 Å². The molecular weight excluding hydrogens is 182 g/mol. The molecule has 12 heavy (non-hydrogen) atoms. The fraction of sp³-hybridized carbons (Fsp3) is 0.167. The highest BCUT2D eigenvalue weighted by molar-refractivity contribution is 6.30. The van der Waals surface area contributed by atoms with Gasteiger partial charge in [0.05, 0.1) is 5.02 Å². The van der Waals surface area contributed by atoms with Crippen molar-refractivity contribution in [2.24, 2.45) is 5.73 Å². The Balaban J connectivity index is 2.53. The molecule has 0 spiro atoms. The van der Waals surface area contributed by atoms with Crippen LogP contribution >= 0.6 is 11.6 Å². The standard InChI is InChI=1S/C6H6ClN3O2/c7-4-1-9-5(10-2-4)3-12-6(8)11/h1-2H,3H2,(H2,8,11). The lowest BCUT2D eigenvalue weighted by molar-refractivity contribution is 0.147. The molecule has 0 aliphatic heterocycles. The van der Waals surface area contributed by atoms with Gasteiger partial charge in [-0.1, -0.05) is 11.6 Å². The van der Waals surface area contributed by atoms with Crippen molar-refractivity contribution in [3.8, 4) is 0 Å². The van der Waals surface area contributed by atoms with Crippen LogP contribution in [0.4, 0.5) is 4.79 Å². The lowest BCUT2D eigenvalue weighted by Crippen LogP contribution is -2.13. The number of ether oxygens (including phenoxy) is 1.